The van der Waals surface area contributed by atoms with Gasteiger partial charge in [0, 0.05) is 13.0 Å². The average Bonchev–Trinajstić information content (AvgIpc) is 2.33. The van der Waals surface area contributed by atoms with Crippen LogP contribution < -0.4 is 5.32 Å². The van der Waals surface area contributed by atoms with Gasteiger partial charge in [0.15, 0.2) is 0 Å². The molecule has 0 aromatic heterocycles. The molecule has 8 heteroatoms. The van der Waals surface area contributed by atoms with E-state index in [1.165, 1.54) is 12.1 Å². The number of alkyl halides is 3. The van der Waals surface area contributed by atoms with Crippen molar-refractivity contribution in [3.63, 3.8) is 0 Å². The Bertz CT molecular complexity index is 514. The fourth-order valence-electron chi connectivity index (χ4n) is 1.43. The zero-order valence-corrected chi connectivity index (χ0v) is 10.1. The Hall–Kier alpha value is -2.12. The SMILES string of the molecule is O=C(O)CCc1ccc(CNC(=O)C(F)(F)F)cc1F. The van der Waals surface area contributed by atoms with Crippen molar-refractivity contribution in [2.75, 3.05) is 0 Å². The Balaban J connectivity index is 2.64. The second-order valence-electron chi connectivity index (χ2n) is 4.00. The molecule has 0 heterocycles. The molecule has 1 amide bonds. The van der Waals surface area contributed by atoms with E-state index in [2.05, 4.69) is 0 Å². The third-order valence-electron chi connectivity index (χ3n) is 2.44. The maximum atomic E-state index is 13.5. The van der Waals surface area contributed by atoms with Crippen LogP contribution in [-0.4, -0.2) is 23.2 Å². The van der Waals surface area contributed by atoms with Crippen LogP contribution in [0.2, 0.25) is 0 Å². The molecule has 0 aliphatic heterocycles. The summed E-state index contributed by atoms with van der Waals surface area (Å²) in [5, 5.41) is 10.1. The number of carbonyl (C=O) groups is 2. The molecule has 0 unspecified atom stereocenters. The van der Waals surface area contributed by atoms with Gasteiger partial charge in [-0.2, -0.15) is 13.2 Å². The summed E-state index contributed by atoms with van der Waals surface area (Å²) < 4.78 is 49.3. The van der Waals surface area contributed by atoms with Gasteiger partial charge in [0.05, 0.1) is 0 Å². The number of amides is 1. The predicted molar refractivity (Wildman–Crippen MR) is 60.3 cm³/mol. The summed E-state index contributed by atoms with van der Waals surface area (Å²) in [6.07, 6.45) is -5.25. The number of carboxylic acid groups (broad SMARTS) is 1. The fraction of sp³-hybridized carbons (Fsp3) is 0.333. The molecule has 20 heavy (non-hydrogen) atoms. The number of nitrogens with one attached hydrogen (secondary N) is 1. The Morgan fingerprint density at radius 1 is 1.25 bits per heavy atom. The van der Waals surface area contributed by atoms with Crippen LogP contribution in [0.15, 0.2) is 18.2 Å². The summed E-state index contributed by atoms with van der Waals surface area (Å²) in [5.74, 6) is -3.90. The Kier molecular flexibility index (Phi) is 5.06. The Morgan fingerprint density at radius 3 is 2.40 bits per heavy atom. The lowest BCUT2D eigenvalue weighted by Crippen LogP contribution is -2.36. The molecule has 110 valence electrons. The van der Waals surface area contributed by atoms with Gasteiger partial charge in [0.2, 0.25) is 0 Å². The van der Waals surface area contributed by atoms with Gasteiger partial charge in [-0.1, -0.05) is 12.1 Å². The van der Waals surface area contributed by atoms with Gasteiger partial charge in [0.1, 0.15) is 5.82 Å². The number of rotatable bonds is 5. The third-order valence-corrected chi connectivity index (χ3v) is 2.44. The van der Waals surface area contributed by atoms with E-state index >= 15 is 0 Å². The van der Waals surface area contributed by atoms with E-state index in [1.54, 1.807) is 5.32 Å². The highest BCUT2D eigenvalue weighted by atomic mass is 19.4. The summed E-state index contributed by atoms with van der Waals surface area (Å²) in [6.45, 7) is -0.464. The van der Waals surface area contributed by atoms with Crippen molar-refractivity contribution in [3.05, 3.63) is 35.1 Å². The summed E-state index contributed by atoms with van der Waals surface area (Å²) >= 11 is 0. The van der Waals surface area contributed by atoms with E-state index in [0.29, 0.717) is 0 Å². The van der Waals surface area contributed by atoms with Crippen molar-refractivity contribution in [2.24, 2.45) is 0 Å². The van der Waals surface area contributed by atoms with Crippen molar-refractivity contribution in [1.29, 1.82) is 0 Å². The molecule has 0 radical (unpaired) electrons. The zero-order valence-electron chi connectivity index (χ0n) is 10.1. The van der Waals surface area contributed by atoms with Crippen LogP contribution in [0.1, 0.15) is 17.5 Å². The summed E-state index contributed by atoms with van der Waals surface area (Å²) in [7, 11) is 0. The number of carbonyl (C=O) groups excluding carboxylic acids is 1. The molecule has 0 saturated carbocycles. The third kappa shape index (κ3) is 4.87. The van der Waals surface area contributed by atoms with Gasteiger partial charge in [-0.05, 0) is 23.6 Å². The van der Waals surface area contributed by atoms with Crippen LogP contribution in [0, 0.1) is 5.82 Å². The van der Waals surface area contributed by atoms with Gasteiger partial charge in [-0.3, -0.25) is 9.59 Å². The molecule has 2 N–H and O–H groups in total. The molecule has 0 bridgehead atoms. The van der Waals surface area contributed by atoms with Gasteiger partial charge in [-0.15, -0.1) is 0 Å². The maximum Gasteiger partial charge on any atom is 0.471 e. The van der Waals surface area contributed by atoms with Crippen molar-refractivity contribution in [2.45, 2.75) is 25.6 Å². The molecule has 4 nitrogen and oxygen atoms in total. The van der Waals surface area contributed by atoms with Gasteiger partial charge in [0.25, 0.3) is 0 Å². The van der Waals surface area contributed by atoms with Crippen molar-refractivity contribution in [1.82, 2.24) is 5.32 Å². The first-order chi connectivity index (χ1) is 9.20. The van der Waals surface area contributed by atoms with Gasteiger partial charge >= 0.3 is 18.1 Å². The summed E-state index contributed by atoms with van der Waals surface area (Å²) in [4.78, 5) is 20.9. The highest BCUT2D eigenvalue weighted by Gasteiger charge is 2.38. The van der Waals surface area contributed by atoms with E-state index in [1.807, 2.05) is 0 Å². The quantitative estimate of drug-likeness (QED) is 0.816. The maximum absolute atomic E-state index is 13.5. The van der Waals surface area contributed by atoms with Crippen LogP contribution in [0.25, 0.3) is 0 Å². The first-order valence-corrected chi connectivity index (χ1v) is 5.54. The Labute approximate surface area is 111 Å². The van der Waals surface area contributed by atoms with Crippen molar-refractivity contribution < 1.29 is 32.3 Å². The first kappa shape index (κ1) is 15.9. The fourth-order valence-corrected chi connectivity index (χ4v) is 1.43. The number of hydrogen-bond acceptors (Lipinski definition) is 2. The number of hydrogen-bond donors (Lipinski definition) is 2. The second-order valence-corrected chi connectivity index (χ2v) is 4.00. The molecular weight excluding hydrogens is 282 g/mol. The average molecular weight is 293 g/mol. The molecule has 0 aliphatic carbocycles. The smallest absolute Gasteiger partial charge is 0.471 e. The molecule has 1 aromatic rings. The van der Waals surface area contributed by atoms with Crippen LogP contribution in [0.3, 0.4) is 0 Å². The minimum atomic E-state index is -4.99. The van der Waals surface area contributed by atoms with E-state index in [0.717, 1.165) is 6.07 Å². The molecule has 1 aromatic carbocycles. The van der Waals surface area contributed by atoms with E-state index in [9.17, 15) is 27.2 Å². The van der Waals surface area contributed by atoms with E-state index in [4.69, 9.17) is 5.11 Å². The molecule has 0 spiro atoms. The number of carboxylic acids is 1. The van der Waals surface area contributed by atoms with Crippen LogP contribution >= 0.6 is 0 Å². The first-order valence-electron chi connectivity index (χ1n) is 5.54. The molecule has 0 saturated heterocycles. The van der Waals surface area contributed by atoms with Gasteiger partial charge in [-0.25, -0.2) is 4.39 Å². The number of halogens is 4. The van der Waals surface area contributed by atoms with Crippen LogP contribution in [0.5, 0.6) is 0 Å². The predicted octanol–water partition coefficient (Wildman–Crippen LogP) is 2.02. The monoisotopic (exact) mass is 293 g/mol. The van der Waals surface area contributed by atoms with Crippen molar-refractivity contribution in [3.8, 4) is 0 Å². The minimum Gasteiger partial charge on any atom is -0.481 e. The highest BCUT2D eigenvalue weighted by Crippen LogP contribution is 2.16. The number of benzene rings is 1. The normalized spacial score (nSPS) is 11.2. The van der Waals surface area contributed by atoms with Crippen LogP contribution in [0.4, 0.5) is 17.6 Å². The minimum absolute atomic E-state index is 0.0175. The molecule has 0 fully saturated rings. The molecule has 0 aliphatic rings. The van der Waals surface area contributed by atoms with Crippen molar-refractivity contribution >= 4 is 11.9 Å². The standard InChI is InChI=1S/C12H11F4NO3/c13-9-5-7(6-17-11(20)12(14,15)16)1-2-8(9)3-4-10(18)19/h1-2,5H,3-4,6H2,(H,17,20)(H,18,19). The van der Waals surface area contributed by atoms with Gasteiger partial charge < -0.3 is 10.4 Å². The topological polar surface area (TPSA) is 66.4 Å². The van der Waals surface area contributed by atoms with E-state index < -0.39 is 30.4 Å². The highest BCUT2D eigenvalue weighted by molar-refractivity contribution is 5.81. The Morgan fingerprint density at radius 2 is 1.90 bits per heavy atom. The lowest BCUT2D eigenvalue weighted by atomic mass is 10.1. The zero-order chi connectivity index (χ0) is 15.3. The second kappa shape index (κ2) is 6.36. The lowest BCUT2D eigenvalue weighted by molar-refractivity contribution is -0.173. The molecule has 1 rings (SSSR count). The van der Waals surface area contributed by atoms with E-state index in [-0.39, 0.29) is 24.0 Å². The summed E-state index contributed by atoms with van der Waals surface area (Å²) in [5.41, 5.74) is 0.303. The number of aliphatic carboxylic acids is 1. The van der Waals surface area contributed by atoms with Crippen LogP contribution in [-0.2, 0) is 22.6 Å². The number of aryl methyl sites for hydroxylation is 1. The summed E-state index contributed by atoms with van der Waals surface area (Å²) in [6, 6.07) is 3.58. The molecule has 0 atom stereocenters. The largest absolute Gasteiger partial charge is 0.481 e. The lowest BCUT2D eigenvalue weighted by Gasteiger charge is -2.09. The molecular formula is C12H11F4NO3.